The minimum atomic E-state index is -1.18. The highest BCUT2D eigenvalue weighted by molar-refractivity contribution is 7.98. The number of carboxylic acids is 1. The molecule has 3 amide bonds. The average Bonchev–Trinajstić information content (AvgIpc) is 3.27. The van der Waals surface area contributed by atoms with Crippen molar-refractivity contribution >= 4 is 46.4 Å². The Morgan fingerprint density at radius 1 is 1.06 bits per heavy atom. The first-order valence-electron chi connectivity index (χ1n) is 12.0. The van der Waals surface area contributed by atoms with E-state index in [9.17, 15) is 24.3 Å². The molecule has 1 heterocycles. The SMILES string of the molecule is CCC(C)C(NC(=O)C(N)CCSC)C(=O)NC(C)C(=O)NC(Cc1c[nH]c2ccccc12)C(=O)O. The van der Waals surface area contributed by atoms with Gasteiger partial charge in [-0.2, -0.15) is 11.8 Å². The minimum Gasteiger partial charge on any atom is -0.480 e. The van der Waals surface area contributed by atoms with E-state index in [2.05, 4.69) is 20.9 Å². The maximum atomic E-state index is 13.0. The molecule has 11 heteroatoms. The first-order chi connectivity index (χ1) is 17.1. The number of aromatic amines is 1. The predicted molar refractivity (Wildman–Crippen MR) is 142 cm³/mol. The molecule has 36 heavy (non-hydrogen) atoms. The molecule has 0 spiro atoms. The van der Waals surface area contributed by atoms with Crippen LogP contribution >= 0.6 is 11.8 Å². The van der Waals surface area contributed by atoms with E-state index in [1.54, 1.807) is 18.0 Å². The van der Waals surface area contributed by atoms with Crippen LogP contribution in [0.3, 0.4) is 0 Å². The van der Waals surface area contributed by atoms with Gasteiger partial charge in [0.25, 0.3) is 0 Å². The number of carbonyl (C=O) groups is 4. The van der Waals surface area contributed by atoms with Crippen LogP contribution in [0, 0.1) is 5.92 Å². The van der Waals surface area contributed by atoms with E-state index < -0.39 is 47.9 Å². The largest absolute Gasteiger partial charge is 0.480 e. The highest BCUT2D eigenvalue weighted by Crippen LogP contribution is 2.19. The summed E-state index contributed by atoms with van der Waals surface area (Å²) in [5, 5.41) is 18.4. The Balaban J connectivity index is 2.03. The van der Waals surface area contributed by atoms with Crippen LogP contribution < -0.4 is 21.7 Å². The van der Waals surface area contributed by atoms with Crippen LogP contribution in [-0.4, -0.2) is 70.0 Å². The average molecular weight is 520 g/mol. The summed E-state index contributed by atoms with van der Waals surface area (Å²) < 4.78 is 0. The summed E-state index contributed by atoms with van der Waals surface area (Å²) in [6.45, 7) is 5.19. The van der Waals surface area contributed by atoms with E-state index >= 15 is 0 Å². The molecule has 2 aromatic rings. The number of thioether (sulfide) groups is 1. The lowest BCUT2D eigenvalue weighted by molar-refractivity contribution is -0.142. The standard InChI is InChI=1S/C25H37N5O5S/c1-5-14(2)21(30-23(32)18(26)10-11-36-4)24(33)28-15(3)22(31)29-20(25(34)35)12-16-13-27-19-9-7-6-8-17(16)19/h6-9,13-15,18,20-21,27H,5,10-12,26H2,1-4H3,(H,28,33)(H,29,31)(H,30,32)(H,34,35). The third kappa shape index (κ3) is 7.99. The van der Waals surface area contributed by atoms with Gasteiger partial charge in [-0.3, -0.25) is 14.4 Å². The molecule has 198 valence electrons. The number of carbonyl (C=O) groups excluding carboxylic acids is 3. The van der Waals surface area contributed by atoms with Gasteiger partial charge in [-0.1, -0.05) is 38.5 Å². The van der Waals surface area contributed by atoms with E-state index in [1.165, 1.54) is 6.92 Å². The van der Waals surface area contributed by atoms with Crippen molar-refractivity contribution < 1.29 is 24.3 Å². The maximum Gasteiger partial charge on any atom is 0.326 e. The highest BCUT2D eigenvalue weighted by atomic mass is 32.2. The lowest BCUT2D eigenvalue weighted by atomic mass is 9.97. The van der Waals surface area contributed by atoms with Crippen molar-refractivity contribution in [1.82, 2.24) is 20.9 Å². The van der Waals surface area contributed by atoms with Crippen LogP contribution in [0.2, 0.25) is 0 Å². The normalized spacial score (nSPS) is 15.4. The molecule has 0 aliphatic heterocycles. The summed E-state index contributed by atoms with van der Waals surface area (Å²) in [6, 6.07) is 3.67. The number of hydrogen-bond donors (Lipinski definition) is 6. The van der Waals surface area contributed by atoms with E-state index in [0.717, 1.165) is 22.2 Å². The lowest BCUT2D eigenvalue weighted by Crippen LogP contribution is -2.58. The molecule has 0 bridgehead atoms. The molecule has 5 atom stereocenters. The second-order valence-corrected chi connectivity index (χ2v) is 9.94. The van der Waals surface area contributed by atoms with Crippen molar-refractivity contribution in [3.63, 3.8) is 0 Å². The molecule has 1 aromatic carbocycles. The van der Waals surface area contributed by atoms with Gasteiger partial charge in [0.05, 0.1) is 6.04 Å². The third-order valence-electron chi connectivity index (χ3n) is 6.23. The monoisotopic (exact) mass is 519 g/mol. The van der Waals surface area contributed by atoms with E-state index in [1.807, 2.05) is 44.4 Å². The molecule has 0 radical (unpaired) electrons. The second-order valence-electron chi connectivity index (χ2n) is 8.95. The van der Waals surface area contributed by atoms with E-state index in [-0.39, 0.29) is 12.3 Å². The zero-order valence-electron chi connectivity index (χ0n) is 21.2. The summed E-state index contributed by atoms with van der Waals surface area (Å²) in [6.07, 6.45) is 4.81. The van der Waals surface area contributed by atoms with Gasteiger partial charge in [-0.05, 0) is 42.9 Å². The number of hydrogen-bond acceptors (Lipinski definition) is 6. The smallest absolute Gasteiger partial charge is 0.326 e. The van der Waals surface area contributed by atoms with Crippen molar-refractivity contribution in [3.8, 4) is 0 Å². The van der Waals surface area contributed by atoms with Gasteiger partial charge in [-0.25, -0.2) is 4.79 Å². The number of H-pyrrole nitrogens is 1. The van der Waals surface area contributed by atoms with Crippen molar-refractivity contribution in [3.05, 3.63) is 36.0 Å². The number of benzene rings is 1. The van der Waals surface area contributed by atoms with Gasteiger partial charge >= 0.3 is 5.97 Å². The van der Waals surface area contributed by atoms with Crippen LogP contribution in [0.4, 0.5) is 0 Å². The summed E-state index contributed by atoms with van der Waals surface area (Å²) in [5.74, 6) is -2.26. The molecular formula is C25H37N5O5S. The number of para-hydroxylation sites is 1. The maximum absolute atomic E-state index is 13.0. The topological polar surface area (TPSA) is 166 Å². The number of nitrogens with two attached hydrogens (primary N) is 1. The molecule has 0 aliphatic rings. The molecule has 0 saturated heterocycles. The van der Waals surface area contributed by atoms with Gasteiger partial charge in [-0.15, -0.1) is 0 Å². The number of fused-ring (bicyclic) bond motifs is 1. The quantitative estimate of drug-likeness (QED) is 0.219. The molecular weight excluding hydrogens is 482 g/mol. The Bertz CT molecular complexity index is 1060. The Hall–Kier alpha value is -3.05. The third-order valence-corrected chi connectivity index (χ3v) is 6.87. The summed E-state index contributed by atoms with van der Waals surface area (Å²) in [4.78, 5) is 53.2. The number of nitrogens with one attached hydrogen (secondary N) is 4. The highest BCUT2D eigenvalue weighted by Gasteiger charge is 2.31. The van der Waals surface area contributed by atoms with Gasteiger partial charge in [0.15, 0.2) is 0 Å². The molecule has 7 N–H and O–H groups in total. The minimum absolute atomic E-state index is 0.0746. The van der Waals surface area contributed by atoms with Crippen molar-refractivity contribution in [2.75, 3.05) is 12.0 Å². The van der Waals surface area contributed by atoms with Crippen molar-refractivity contribution in [1.29, 1.82) is 0 Å². The zero-order valence-corrected chi connectivity index (χ0v) is 22.0. The molecule has 1 aromatic heterocycles. The fraction of sp³-hybridized carbons (Fsp3) is 0.520. The van der Waals surface area contributed by atoms with Crippen LogP contribution in [0.25, 0.3) is 10.9 Å². The van der Waals surface area contributed by atoms with Crippen molar-refractivity contribution in [2.24, 2.45) is 11.7 Å². The Kier molecular flexibility index (Phi) is 11.3. The fourth-order valence-electron chi connectivity index (χ4n) is 3.72. The molecule has 5 unspecified atom stereocenters. The molecule has 0 aliphatic carbocycles. The number of aromatic nitrogens is 1. The molecule has 0 fully saturated rings. The molecule has 0 saturated carbocycles. The summed E-state index contributed by atoms with van der Waals surface area (Å²) in [5.41, 5.74) is 7.56. The molecule has 10 nitrogen and oxygen atoms in total. The summed E-state index contributed by atoms with van der Waals surface area (Å²) in [7, 11) is 0. The number of aliphatic carboxylic acids is 1. The lowest BCUT2D eigenvalue weighted by Gasteiger charge is -2.27. The number of carboxylic acid groups (broad SMARTS) is 1. The van der Waals surface area contributed by atoms with Crippen LogP contribution in [0.5, 0.6) is 0 Å². The first-order valence-corrected chi connectivity index (χ1v) is 13.4. The van der Waals surface area contributed by atoms with Crippen molar-refractivity contribution in [2.45, 2.75) is 64.2 Å². The van der Waals surface area contributed by atoms with Crippen LogP contribution in [0.1, 0.15) is 39.2 Å². The second kappa shape index (κ2) is 13.9. The van der Waals surface area contributed by atoms with Crippen LogP contribution in [-0.2, 0) is 25.6 Å². The Morgan fingerprint density at radius 2 is 1.75 bits per heavy atom. The summed E-state index contributed by atoms with van der Waals surface area (Å²) >= 11 is 1.58. The fourth-order valence-corrected chi connectivity index (χ4v) is 4.21. The number of rotatable bonds is 14. The Labute approximate surface area is 215 Å². The van der Waals surface area contributed by atoms with E-state index in [4.69, 9.17) is 5.73 Å². The first kappa shape index (κ1) is 29.2. The van der Waals surface area contributed by atoms with Gasteiger partial charge in [0, 0.05) is 23.5 Å². The predicted octanol–water partition coefficient (Wildman–Crippen LogP) is 1.40. The zero-order chi connectivity index (χ0) is 26.8. The van der Waals surface area contributed by atoms with Gasteiger partial charge < -0.3 is 31.8 Å². The Morgan fingerprint density at radius 3 is 2.39 bits per heavy atom. The van der Waals surface area contributed by atoms with Gasteiger partial charge in [0.1, 0.15) is 18.1 Å². The molecule has 2 rings (SSSR count). The number of amides is 3. The van der Waals surface area contributed by atoms with E-state index in [0.29, 0.717) is 12.8 Å². The van der Waals surface area contributed by atoms with Gasteiger partial charge in [0.2, 0.25) is 17.7 Å². The van der Waals surface area contributed by atoms with Crippen LogP contribution in [0.15, 0.2) is 30.5 Å².